The van der Waals surface area contributed by atoms with Crippen LogP contribution in [-0.2, 0) is 20.9 Å². The monoisotopic (exact) mass is 609 g/mol. The van der Waals surface area contributed by atoms with Crippen LogP contribution < -0.4 is 9.47 Å². The number of benzene rings is 2. The molecule has 1 heterocycles. The number of nitro groups is 1. The molecule has 0 unspecified atom stereocenters. The molecular formula is C31H32BrNO7. The van der Waals surface area contributed by atoms with E-state index in [-0.39, 0.29) is 34.7 Å². The van der Waals surface area contributed by atoms with E-state index in [0.29, 0.717) is 64.3 Å². The van der Waals surface area contributed by atoms with E-state index in [1.54, 1.807) is 12.1 Å². The molecule has 0 spiro atoms. The quantitative estimate of drug-likeness (QED) is 0.249. The minimum absolute atomic E-state index is 0.00554. The van der Waals surface area contributed by atoms with Gasteiger partial charge in [-0.2, -0.15) is 0 Å². The zero-order chi connectivity index (χ0) is 29.0. The van der Waals surface area contributed by atoms with Crippen molar-refractivity contribution in [2.45, 2.75) is 65.9 Å². The Balaban J connectivity index is 1.55. The smallest absolute Gasteiger partial charge is 0.269 e. The molecule has 40 heavy (non-hydrogen) atoms. The first-order valence-corrected chi connectivity index (χ1v) is 14.0. The van der Waals surface area contributed by atoms with Crippen LogP contribution in [0.15, 0.2) is 63.5 Å². The number of ketones is 2. The molecule has 2 aliphatic carbocycles. The Morgan fingerprint density at radius 2 is 1.50 bits per heavy atom. The van der Waals surface area contributed by atoms with Crippen LogP contribution in [0.3, 0.4) is 0 Å². The van der Waals surface area contributed by atoms with Crippen LogP contribution in [0, 0.1) is 20.9 Å². The van der Waals surface area contributed by atoms with Crippen LogP contribution in [0.5, 0.6) is 11.5 Å². The van der Waals surface area contributed by atoms with Gasteiger partial charge in [-0.25, -0.2) is 0 Å². The summed E-state index contributed by atoms with van der Waals surface area (Å²) in [6.45, 7) is 8.40. The van der Waals surface area contributed by atoms with Gasteiger partial charge < -0.3 is 14.2 Å². The van der Waals surface area contributed by atoms with Crippen molar-refractivity contribution >= 4 is 33.2 Å². The Kier molecular flexibility index (Phi) is 7.15. The van der Waals surface area contributed by atoms with Gasteiger partial charge in [0.1, 0.15) is 18.1 Å². The second kappa shape index (κ2) is 10.2. The molecule has 5 rings (SSSR count). The molecule has 210 valence electrons. The number of allylic oxidation sites excluding steroid dienone is 4. The Hall–Kier alpha value is -3.46. The summed E-state index contributed by atoms with van der Waals surface area (Å²) in [6.07, 6.45) is 1.99. The third kappa shape index (κ3) is 5.31. The number of Topliss-reactive ketones (excluding diaryl/α,β-unsaturated/α-hetero) is 2. The van der Waals surface area contributed by atoms with Gasteiger partial charge in [-0.3, -0.25) is 19.7 Å². The Bertz CT molecular complexity index is 1430. The predicted molar refractivity (Wildman–Crippen MR) is 152 cm³/mol. The van der Waals surface area contributed by atoms with E-state index in [4.69, 9.17) is 14.2 Å². The first-order chi connectivity index (χ1) is 18.8. The van der Waals surface area contributed by atoms with E-state index in [1.165, 1.54) is 19.2 Å². The predicted octanol–water partition coefficient (Wildman–Crippen LogP) is 7.35. The highest BCUT2D eigenvalue weighted by Crippen LogP contribution is 2.54. The second-order valence-corrected chi connectivity index (χ2v) is 13.2. The minimum atomic E-state index is -0.556. The SMILES string of the molecule is COc1cc(C2C3=C(CC(C)(C)CC3=O)OC3=C2C(=O)CC(C)(C)C3)cc(Br)c1OCc1ccc([N+](=O)[O-])cc1. The topological polar surface area (TPSA) is 105 Å². The molecule has 9 heteroatoms. The molecule has 0 bridgehead atoms. The molecule has 2 aromatic carbocycles. The molecule has 3 aliphatic rings. The van der Waals surface area contributed by atoms with Crippen molar-refractivity contribution in [1.29, 1.82) is 0 Å². The fourth-order valence-corrected chi connectivity index (χ4v) is 6.50. The highest BCUT2D eigenvalue weighted by Gasteiger charge is 2.48. The lowest BCUT2D eigenvalue weighted by Gasteiger charge is -2.42. The number of nitro benzene ring substituents is 1. The van der Waals surface area contributed by atoms with Crippen molar-refractivity contribution < 1.29 is 28.7 Å². The number of carbonyl (C=O) groups excluding carboxylic acids is 2. The van der Waals surface area contributed by atoms with Crippen LogP contribution in [0.1, 0.15) is 70.4 Å². The summed E-state index contributed by atoms with van der Waals surface area (Å²) in [5.74, 6) is 1.64. The van der Waals surface area contributed by atoms with Gasteiger partial charge in [-0.1, -0.05) is 27.7 Å². The van der Waals surface area contributed by atoms with E-state index >= 15 is 0 Å². The summed E-state index contributed by atoms with van der Waals surface area (Å²) in [5.41, 5.74) is 2.15. The molecule has 8 nitrogen and oxygen atoms in total. The second-order valence-electron chi connectivity index (χ2n) is 12.3. The standard InChI is InChI=1S/C31H32BrNO7/c1-30(2)12-21(34)27-24(14-30)40-25-15-31(3,4)13-22(35)28(25)26(27)18-10-20(32)29(23(11-18)38-5)39-16-17-6-8-19(9-7-17)33(36)37/h6-11,26H,12-16H2,1-5H3. The normalized spacial score (nSPS) is 20.1. The largest absolute Gasteiger partial charge is 0.493 e. The maximum atomic E-state index is 13.6. The maximum absolute atomic E-state index is 13.6. The number of methoxy groups -OCH3 is 1. The number of hydrogen-bond acceptors (Lipinski definition) is 7. The first-order valence-electron chi connectivity index (χ1n) is 13.2. The van der Waals surface area contributed by atoms with Crippen molar-refractivity contribution in [2.75, 3.05) is 7.11 Å². The van der Waals surface area contributed by atoms with Gasteiger partial charge in [0.2, 0.25) is 0 Å². The van der Waals surface area contributed by atoms with E-state index in [0.717, 1.165) is 11.1 Å². The van der Waals surface area contributed by atoms with Crippen molar-refractivity contribution in [3.63, 3.8) is 0 Å². The molecule has 0 saturated heterocycles. The van der Waals surface area contributed by atoms with Gasteiger partial charge in [0.25, 0.3) is 5.69 Å². The Morgan fingerprint density at radius 3 is 2.00 bits per heavy atom. The van der Waals surface area contributed by atoms with Gasteiger partial charge in [0.05, 0.1) is 16.5 Å². The fourth-order valence-electron chi connectivity index (χ4n) is 5.92. The van der Waals surface area contributed by atoms with Crippen molar-refractivity contribution in [3.05, 3.63) is 84.8 Å². The van der Waals surface area contributed by atoms with Crippen molar-refractivity contribution in [1.82, 2.24) is 0 Å². The molecule has 0 aromatic heterocycles. The molecule has 0 fully saturated rings. The molecule has 0 saturated carbocycles. The van der Waals surface area contributed by atoms with Gasteiger partial charge in [0.15, 0.2) is 23.1 Å². The highest BCUT2D eigenvalue weighted by molar-refractivity contribution is 9.10. The minimum Gasteiger partial charge on any atom is -0.493 e. The van der Waals surface area contributed by atoms with Crippen LogP contribution in [0.4, 0.5) is 5.69 Å². The summed E-state index contributed by atoms with van der Waals surface area (Å²) in [7, 11) is 1.53. The molecule has 2 aromatic rings. The summed E-state index contributed by atoms with van der Waals surface area (Å²) in [6, 6.07) is 9.84. The summed E-state index contributed by atoms with van der Waals surface area (Å²) in [4.78, 5) is 37.7. The maximum Gasteiger partial charge on any atom is 0.269 e. The number of carbonyl (C=O) groups is 2. The fraction of sp³-hybridized carbons (Fsp3) is 0.419. The zero-order valence-corrected chi connectivity index (χ0v) is 24.8. The number of halogens is 1. The van der Waals surface area contributed by atoms with E-state index in [1.807, 2.05) is 12.1 Å². The van der Waals surface area contributed by atoms with Gasteiger partial charge in [-0.15, -0.1) is 0 Å². The van der Waals surface area contributed by atoms with Crippen molar-refractivity contribution in [3.8, 4) is 11.5 Å². The highest BCUT2D eigenvalue weighted by atomic mass is 79.9. The lowest BCUT2D eigenvalue weighted by atomic mass is 9.65. The summed E-state index contributed by atoms with van der Waals surface area (Å²) >= 11 is 3.62. The third-order valence-electron chi connectivity index (χ3n) is 7.70. The lowest BCUT2D eigenvalue weighted by Crippen LogP contribution is -2.37. The van der Waals surface area contributed by atoms with Crippen LogP contribution in [0.2, 0.25) is 0 Å². The number of rotatable bonds is 6. The van der Waals surface area contributed by atoms with Gasteiger partial charge >= 0.3 is 0 Å². The third-order valence-corrected chi connectivity index (χ3v) is 8.29. The molecule has 0 N–H and O–H groups in total. The first kappa shape index (κ1) is 28.1. The number of non-ortho nitro benzene ring substituents is 1. The number of hydrogen-bond donors (Lipinski definition) is 0. The van der Waals surface area contributed by atoms with Crippen molar-refractivity contribution in [2.24, 2.45) is 10.8 Å². The zero-order valence-electron chi connectivity index (χ0n) is 23.3. The van der Waals surface area contributed by atoms with Gasteiger partial charge in [0, 0.05) is 54.9 Å². The Morgan fingerprint density at radius 1 is 0.950 bits per heavy atom. The van der Waals surface area contributed by atoms with Gasteiger partial charge in [-0.05, 0) is 62.2 Å². The van der Waals surface area contributed by atoms with E-state index < -0.39 is 10.8 Å². The average molecular weight is 611 g/mol. The Labute approximate surface area is 241 Å². The van der Waals surface area contributed by atoms with Crippen LogP contribution in [-0.4, -0.2) is 23.6 Å². The molecule has 0 amide bonds. The molecule has 0 atom stereocenters. The van der Waals surface area contributed by atoms with Crippen LogP contribution in [0.25, 0.3) is 0 Å². The summed E-state index contributed by atoms with van der Waals surface area (Å²) in [5, 5.41) is 11.0. The number of ether oxygens (including phenoxy) is 3. The van der Waals surface area contributed by atoms with E-state index in [2.05, 4.69) is 43.6 Å². The van der Waals surface area contributed by atoms with Crippen LogP contribution >= 0.6 is 15.9 Å². The molecule has 1 aliphatic heterocycles. The van der Waals surface area contributed by atoms with E-state index in [9.17, 15) is 19.7 Å². The lowest BCUT2D eigenvalue weighted by molar-refractivity contribution is -0.384. The number of nitrogens with zero attached hydrogens (tertiary/aromatic N) is 1. The summed E-state index contributed by atoms with van der Waals surface area (Å²) < 4.78 is 18.8. The molecular weight excluding hydrogens is 578 g/mol. The average Bonchev–Trinajstić information content (AvgIpc) is 2.85. The molecule has 0 radical (unpaired) electrons.